The van der Waals surface area contributed by atoms with Crippen LogP contribution in [0.25, 0.3) is 0 Å². The van der Waals surface area contributed by atoms with E-state index in [9.17, 15) is 9.59 Å². The molecule has 2 fully saturated rings. The van der Waals surface area contributed by atoms with Crippen molar-refractivity contribution in [3.63, 3.8) is 0 Å². The minimum atomic E-state index is -0.451. The standard InChI is InChI=1S/C17H19N5O2/c1-20-11-14(10-19-20)22-8-5-17(16(22)24)4-7-21(12-17)15(23)13-3-2-6-18-9-13/h2-3,6,9-11H,4-5,7-8,12H2,1H3/t17-/m1/s1. The Morgan fingerprint density at radius 2 is 2.08 bits per heavy atom. The molecule has 2 aliphatic rings. The van der Waals surface area contributed by atoms with Gasteiger partial charge in [0.05, 0.1) is 22.9 Å². The van der Waals surface area contributed by atoms with Gasteiger partial charge in [0, 0.05) is 45.3 Å². The lowest BCUT2D eigenvalue weighted by Crippen LogP contribution is -2.38. The minimum absolute atomic E-state index is 0.0485. The van der Waals surface area contributed by atoms with Gasteiger partial charge in [0.25, 0.3) is 5.91 Å². The molecule has 0 aliphatic carbocycles. The van der Waals surface area contributed by atoms with Gasteiger partial charge in [-0.25, -0.2) is 0 Å². The first-order valence-corrected chi connectivity index (χ1v) is 8.09. The van der Waals surface area contributed by atoms with Crippen LogP contribution in [-0.2, 0) is 11.8 Å². The molecule has 2 saturated heterocycles. The SMILES string of the molecule is Cn1cc(N2CC[C@@]3(CCN(C(=O)c4cccnc4)C3)C2=O)cn1. The number of nitrogens with zero attached hydrogens (tertiary/aromatic N) is 5. The molecule has 0 radical (unpaired) electrons. The maximum absolute atomic E-state index is 13.0. The summed E-state index contributed by atoms with van der Waals surface area (Å²) in [7, 11) is 1.84. The summed E-state index contributed by atoms with van der Waals surface area (Å²) in [6.07, 6.45) is 8.28. The van der Waals surface area contributed by atoms with E-state index in [1.807, 2.05) is 13.2 Å². The molecule has 7 nitrogen and oxygen atoms in total. The third-order valence-corrected chi connectivity index (χ3v) is 5.07. The van der Waals surface area contributed by atoms with Crippen LogP contribution in [0, 0.1) is 5.41 Å². The molecular formula is C17H19N5O2. The van der Waals surface area contributed by atoms with Crippen LogP contribution in [0.15, 0.2) is 36.9 Å². The van der Waals surface area contributed by atoms with E-state index in [4.69, 9.17) is 0 Å². The highest BCUT2D eigenvalue weighted by molar-refractivity contribution is 6.01. The number of carbonyl (C=O) groups is 2. The summed E-state index contributed by atoms with van der Waals surface area (Å²) >= 11 is 0. The second-order valence-corrected chi connectivity index (χ2v) is 6.58. The van der Waals surface area contributed by atoms with Crippen LogP contribution in [0.3, 0.4) is 0 Å². The number of aryl methyl sites for hydroxylation is 1. The number of hydrogen-bond acceptors (Lipinski definition) is 4. The van der Waals surface area contributed by atoms with Crippen LogP contribution >= 0.6 is 0 Å². The third-order valence-electron chi connectivity index (χ3n) is 5.07. The molecule has 24 heavy (non-hydrogen) atoms. The van der Waals surface area contributed by atoms with E-state index in [1.165, 1.54) is 0 Å². The van der Waals surface area contributed by atoms with Gasteiger partial charge >= 0.3 is 0 Å². The molecule has 2 aromatic heterocycles. The fourth-order valence-corrected chi connectivity index (χ4v) is 3.71. The number of pyridine rings is 1. The van der Waals surface area contributed by atoms with E-state index in [2.05, 4.69) is 10.1 Å². The van der Waals surface area contributed by atoms with Crippen molar-refractivity contribution in [2.24, 2.45) is 12.5 Å². The molecule has 0 saturated carbocycles. The first kappa shape index (κ1) is 14.9. The Hall–Kier alpha value is -2.70. The Labute approximate surface area is 139 Å². The number of amides is 2. The molecule has 0 unspecified atom stereocenters. The summed E-state index contributed by atoms with van der Waals surface area (Å²) in [5.41, 5.74) is 0.953. The molecule has 4 rings (SSSR count). The van der Waals surface area contributed by atoms with E-state index in [0.29, 0.717) is 31.6 Å². The molecule has 0 bridgehead atoms. The van der Waals surface area contributed by atoms with E-state index in [-0.39, 0.29) is 11.8 Å². The monoisotopic (exact) mass is 325 g/mol. The van der Waals surface area contributed by atoms with Crippen molar-refractivity contribution in [1.29, 1.82) is 0 Å². The zero-order valence-corrected chi connectivity index (χ0v) is 13.6. The Balaban J connectivity index is 1.52. The minimum Gasteiger partial charge on any atom is -0.337 e. The summed E-state index contributed by atoms with van der Waals surface area (Å²) in [4.78, 5) is 33.2. The quantitative estimate of drug-likeness (QED) is 0.828. The van der Waals surface area contributed by atoms with Gasteiger partial charge in [0.15, 0.2) is 0 Å². The molecule has 0 aromatic carbocycles. The molecular weight excluding hydrogens is 306 g/mol. The van der Waals surface area contributed by atoms with Crippen LogP contribution in [-0.4, -0.2) is 51.1 Å². The Morgan fingerprint density at radius 1 is 1.25 bits per heavy atom. The maximum atomic E-state index is 13.0. The highest BCUT2D eigenvalue weighted by Crippen LogP contribution is 2.42. The van der Waals surface area contributed by atoms with Gasteiger partial charge in [-0.15, -0.1) is 0 Å². The van der Waals surface area contributed by atoms with E-state index >= 15 is 0 Å². The molecule has 7 heteroatoms. The van der Waals surface area contributed by atoms with Gasteiger partial charge in [0.2, 0.25) is 5.91 Å². The van der Waals surface area contributed by atoms with Crippen LogP contribution < -0.4 is 4.90 Å². The van der Waals surface area contributed by atoms with Gasteiger partial charge in [-0.3, -0.25) is 19.3 Å². The van der Waals surface area contributed by atoms with Crippen molar-refractivity contribution in [3.05, 3.63) is 42.5 Å². The van der Waals surface area contributed by atoms with Gasteiger partial charge in [-0.1, -0.05) is 0 Å². The highest BCUT2D eigenvalue weighted by Gasteiger charge is 2.52. The number of aromatic nitrogens is 3. The fourth-order valence-electron chi connectivity index (χ4n) is 3.71. The maximum Gasteiger partial charge on any atom is 0.255 e. The van der Waals surface area contributed by atoms with Crippen molar-refractivity contribution in [1.82, 2.24) is 19.7 Å². The van der Waals surface area contributed by atoms with Gasteiger partial charge in [-0.2, -0.15) is 5.10 Å². The van der Waals surface area contributed by atoms with Crippen molar-refractivity contribution in [2.75, 3.05) is 24.5 Å². The first-order valence-electron chi connectivity index (χ1n) is 8.09. The van der Waals surface area contributed by atoms with Crippen molar-refractivity contribution in [2.45, 2.75) is 12.8 Å². The van der Waals surface area contributed by atoms with Crippen LogP contribution in [0.1, 0.15) is 23.2 Å². The van der Waals surface area contributed by atoms with Crippen LogP contribution in [0.4, 0.5) is 5.69 Å². The van der Waals surface area contributed by atoms with Crippen molar-refractivity contribution in [3.8, 4) is 0 Å². The molecule has 2 aliphatic heterocycles. The smallest absolute Gasteiger partial charge is 0.255 e. The largest absolute Gasteiger partial charge is 0.337 e. The summed E-state index contributed by atoms with van der Waals surface area (Å²) in [6.45, 7) is 1.77. The van der Waals surface area contributed by atoms with Crippen LogP contribution in [0.5, 0.6) is 0 Å². The zero-order chi connectivity index (χ0) is 16.7. The fraction of sp³-hybridized carbons (Fsp3) is 0.412. The zero-order valence-electron chi connectivity index (χ0n) is 13.6. The molecule has 1 atom stereocenters. The third kappa shape index (κ3) is 2.28. The van der Waals surface area contributed by atoms with E-state index < -0.39 is 5.41 Å². The lowest BCUT2D eigenvalue weighted by atomic mass is 9.85. The lowest BCUT2D eigenvalue weighted by molar-refractivity contribution is -0.124. The molecule has 124 valence electrons. The molecule has 2 amide bonds. The number of anilines is 1. The van der Waals surface area contributed by atoms with E-state index in [0.717, 1.165) is 12.1 Å². The normalized spacial score (nSPS) is 23.5. The van der Waals surface area contributed by atoms with Gasteiger partial charge < -0.3 is 9.80 Å². The lowest BCUT2D eigenvalue weighted by Gasteiger charge is -2.23. The molecule has 2 aromatic rings. The number of carbonyl (C=O) groups excluding carboxylic acids is 2. The van der Waals surface area contributed by atoms with Crippen molar-refractivity contribution >= 4 is 17.5 Å². The second-order valence-electron chi connectivity index (χ2n) is 6.58. The average molecular weight is 325 g/mol. The van der Waals surface area contributed by atoms with Gasteiger partial charge in [-0.05, 0) is 25.0 Å². The van der Waals surface area contributed by atoms with Crippen LogP contribution in [0.2, 0.25) is 0 Å². The molecule has 1 spiro atoms. The predicted molar refractivity (Wildman–Crippen MR) is 87.4 cm³/mol. The summed E-state index contributed by atoms with van der Waals surface area (Å²) in [5.74, 6) is 0.0598. The molecule has 4 heterocycles. The van der Waals surface area contributed by atoms with Gasteiger partial charge in [0.1, 0.15) is 0 Å². The predicted octanol–water partition coefficient (Wildman–Crippen LogP) is 1.08. The second kappa shape index (κ2) is 5.43. The summed E-state index contributed by atoms with van der Waals surface area (Å²) in [5, 5.41) is 4.14. The number of likely N-dealkylation sites (tertiary alicyclic amines) is 1. The first-order chi connectivity index (χ1) is 11.6. The summed E-state index contributed by atoms with van der Waals surface area (Å²) < 4.78 is 1.69. The van der Waals surface area contributed by atoms with Crippen molar-refractivity contribution < 1.29 is 9.59 Å². The Morgan fingerprint density at radius 3 is 2.79 bits per heavy atom. The Bertz CT molecular complexity index is 787. The van der Waals surface area contributed by atoms with E-state index in [1.54, 1.807) is 45.2 Å². The summed E-state index contributed by atoms with van der Waals surface area (Å²) in [6, 6.07) is 3.52. The average Bonchev–Trinajstić information content (AvgIpc) is 3.30. The highest BCUT2D eigenvalue weighted by atomic mass is 16.2. The Kier molecular flexibility index (Phi) is 3.37. The topological polar surface area (TPSA) is 71.3 Å². The number of rotatable bonds is 2. The number of hydrogen-bond donors (Lipinski definition) is 0. The molecule has 0 N–H and O–H groups in total.